The molecule has 0 radical (unpaired) electrons. The standard InChI is InChI=1S/C31H42N8O2S/c1-21-19-27(36-35-21)32-29-28(41-3)30(34-31(33-29)42-26-11-7-23(8-12-26)20-22(2)40)38-16-13-37(14-17-38)15-18-39-24-5-4-6-25(39)10-9-24/h7-8,11-12,19,24-25H,4-6,9-10,13-18,20H2,1-3H3,(H2,32,33,34,35,36). The topological polar surface area (TPSA) is 103 Å². The van der Waals surface area contributed by atoms with Crippen molar-refractivity contribution in [1.82, 2.24) is 30.0 Å². The molecule has 42 heavy (non-hydrogen) atoms. The molecule has 2 atom stereocenters. The average molecular weight is 591 g/mol. The van der Waals surface area contributed by atoms with Crippen molar-refractivity contribution in [1.29, 1.82) is 0 Å². The predicted octanol–water partition coefficient (Wildman–Crippen LogP) is 4.68. The number of carbonyl (C=O) groups is 1. The SMILES string of the molecule is COc1c(Nc2cc(C)[nH]n2)nc(Sc2ccc(CC(C)=O)cc2)nc1N1CCN(CCN2C3CCCC2CC3)CC1. The first-order valence-corrected chi connectivity index (χ1v) is 16.0. The summed E-state index contributed by atoms with van der Waals surface area (Å²) in [5.41, 5.74) is 1.96. The molecule has 0 aliphatic carbocycles. The van der Waals surface area contributed by atoms with Gasteiger partial charge in [-0.1, -0.05) is 18.6 Å². The van der Waals surface area contributed by atoms with E-state index in [4.69, 9.17) is 14.7 Å². The first-order chi connectivity index (χ1) is 20.4. The number of ether oxygens (including phenoxy) is 1. The average Bonchev–Trinajstić information content (AvgIpc) is 3.49. The highest BCUT2D eigenvalue weighted by Gasteiger charge is 2.36. The van der Waals surface area contributed by atoms with Crippen molar-refractivity contribution in [2.45, 2.75) is 74.5 Å². The summed E-state index contributed by atoms with van der Waals surface area (Å²) in [4.78, 5) is 30.1. The highest BCUT2D eigenvalue weighted by atomic mass is 32.2. The van der Waals surface area contributed by atoms with Gasteiger partial charge in [0.1, 0.15) is 5.78 Å². The second-order valence-corrected chi connectivity index (χ2v) is 12.8. The van der Waals surface area contributed by atoms with Crippen molar-refractivity contribution in [3.8, 4) is 5.75 Å². The molecule has 3 aliphatic rings. The number of nitrogens with zero attached hydrogens (tertiary/aromatic N) is 6. The third-order valence-electron chi connectivity index (χ3n) is 8.76. The van der Waals surface area contributed by atoms with Crippen molar-refractivity contribution >= 4 is 35.0 Å². The van der Waals surface area contributed by atoms with E-state index in [9.17, 15) is 4.79 Å². The minimum absolute atomic E-state index is 0.154. The van der Waals surface area contributed by atoms with Crippen LogP contribution >= 0.6 is 11.8 Å². The second kappa shape index (κ2) is 13.0. The minimum Gasteiger partial charge on any atom is -0.490 e. The Morgan fingerprint density at radius 1 is 1.05 bits per heavy atom. The highest BCUT2D eigenvalue weighted by molar-refractivity contribution is 7.99. The van der Waals surface area contributed by atoms with Gasteiger partial charge in [0.2, 0.25) is 5.75 Å². The van der Waals surface area contributed by atoms with Crippen molar-refractivity contribution in [3.05, 3.63) is 41.6 Å². The fraction of sp³-hybridized carbons (Fsp3) is 0.548. The first-order valence-electron chi connectivity index (χ1n) is 15.2. The van der Waals surface area contributed by atoms with Gasteiger partial charge in [-0.05, 0) is 69.0 Å². The van der Waals surface area contributed by atoms with Crippen molar-refractivity contribution in [2.75, 3.05) is 56.6 Å². The monoisotopic (exact) mass is 590 g/mol. The Morgan fingerprint density at radius 2 is 1.79 bits per heavy atom. The van der Waals surface area contributed by atoms with Crippen molar-refractivity contribution < 1.29 is 9.53 Å². The molecule has 3 saturated heterocycles. The first kappa shape index (κ1) is 28.9. The molecule has 11 heteroatoms. The van der Waals surface area contributed by atoms with E-state index in [0.29, 0.717) is 29.0 Å². The van der Waals surface area contributed by atoms with E-state index < -0.39 is 0 Å². The number of hydrogen-bond donors (Lipinski definition) is 2. The summed E-state index contributed by atoms with van der Waals surface area (Å²) in [7, 11) is 1.67. The summed E-state index contributed by atoms with van der Waals surface area (Å²) < 4.78 is 5.92. The summed E-state index contributed by atoms with van der Waals surface area (Å²) in [5.74, 6) is 2.84. The van der Waals surface area contributed by atoms with Crippen LogP contribution < -0.4 is 15.0 Å². The lowest BCUT2D eigenvalue weighted by Crippen LogP contribution is -2.50. The van der Waals surface area contributed by atoms with Crippen LogP contribution in [0, 0.1) is 6.92 Å². The van der Waals surface area contributed by atoms with E-state index in [1.165, 1.54) is 50.4 Å². The summed E-state index contributed by atoms with van der Waals surface area (Å²) in [6.07, 6.45) is 7.40. The van der Waals surface area contributed by atoms with Crippen LogP contribution in [-0.4, -0.2) is 94.2 Å². The molecular weight excluding hydrogens is 548 g/mol. The van der Waals surface area contributed by atoms with Crippen LogP contribution in [0.3, 0.4) is 0 Å². The van der Waals surface area contributed by atoms with Gasteiger partial charge < -0.3 is 15.0 Å². The number of aromatic amines is 1. The molecule has 2 N–H and O–H groups in total. The van der Waals surface area contributed by atoms with E-state index >= 15 is 0 Å². The fourth-order valence-corrected chi connectivity index (χ4v) is 7.40. The summed E-state index contributed by atoms with van der Waals surface area (Å²) >= 11 is 1.50. The van der Waals surface area contributed by atoms with Crippen LogP contribution in [-0.2, 0) is 11.2 Å². The molecule has 10 nitrogen and oxygen atoms in total. The van der Waals surface area contributed by atoms with Gasteiger partial charge >= 0.3 is 0 Å². The largest absolute Gasteiger partial charge is 0.490 e. The van der Waals surface area contributed by atoms with Crippen LogP contribution in [0.1, 0.15) is 50.3 Å². The Balaban J connectivity index is 1.18. The number of ketones is 1. The van der Waals surface area contributed by atoms with Gasteiger partial charge in [-0.25, -0.2) is 9.97 Å². The molecule has 0 saturated carbocycles. The number of piperazine rings is 1. The smallest absolute Gasteiger partial charge is 0.204 e. The Morgan fingerprint density at radius 3 is 2.43 bits per heavy atom. The molecule has 224 valence electrons. The zero-order valence-electron chi connectivity index (χ0n) is 24.9. The third kappa shape index (κ3) is 6.74. The van der Waals surface area contributed by atoms with Crippen LogP contribution in [0.15, 0.2) is 40.4 Å². The number of rotatable bonds is 11. The maximum atomic E-state index is 11.5. The van der Waals surface area contributed by atoms with Crippen LogP contribution in [0.5, 0.6) is 5.75 Å². The van der Waals surface area contributed by atoms with E-state index in [0.717, 1.165) is 66.8 Å². The molecule has 2 bridgehead atoms. The molecule has 3 aliphatic heterocycles. The third-order valence-corrected chi connectivity index (χ3v) is 9.63. The van der Waals surface area contributed by atoms with Crippen LogP contribution in [0.4, 0.5) is 17.5 Å². The Labute approximate surface area is 252 Å². The Kier molecular flexibility index (Phi) is 8.97. The van der Waals surface area contributed by atoms with Gasteiger partial charge in [0, 0.05) is 74.4 Å². The highest BCUT2D eigenvalue weighted by Crippen LogP contribution is 2.39. The van der Waals surface area contributed by atoms with Crippen molar-refractivity contribution in [2.24, 2.45) is 0 Å². The molecule has 2 aromatic heterocycles. The Hall–Kier alpha value is -3.15. The van der Waals surface area contributed by atoms with E-state index in [2.05, 4.69) is 30.2 Å². The number of methoxy groups -OCH3 is 1. The zero-order valence-corrected chi connectivity index (χ0v) is 25.8. The molecule has 2 unspecified atom stereocenters. The van der Waals surface area contributed by atoms with Gasteiger partial charge in [0.25, 0.3) is 0 Å². The molecule has 3 aromatic rings. The Bertz CT molecular complexity index is 1360. The summed E-state index contributed by atoms with van der Waals surface area (Å²) in [6, 6.07) is 11.6. The normalized spacial score (nSPS) is 21.1. The second-order valence-electron chi connectivity index (χ2n) is 11.8. The number of benzene rings is 1. The molecule has 5 heterocycles. The zero-order chi connectivity index (χ0) is 29.1. The molecule has 3 fully saturated rings. The number of H-pyrrole nitrogens is 1. The molecule has 0 amide bonds. The van der Waals surface area contributed by atoms with E-state index in [-0.39, 0.29) is 5.78 Å². The number of hydrogen-bond acceptors (Lipinski definition) is 10. The van der Waals surface area contributed by atoms with Gasteiger partial charge in [-0.3, -0.25) is 19.7 Å². The number of nitrogens with one attached hydrogen (secondary N) is 2. The molecule has 6 rings (SSSR count). The van der Waals surface area contributed by atoms with Crippen LogP contribution in [0.25, 0.3) is 0 Å². The number of Topliss-reactive ketones (excluding diaryl/α,β-unsaturated/α-hetero) is 1. The molecule has 1 aromatic carbocycles. The number of fused-ring (bicyclic) bond motifs is 2. The lowest BCUT2D eigenvalue weighted by molar-refractivity contribution is -0.116. The predicted molar refractivity (Wildman–Crippen MR) is 166 cm³/mol. The van der Waals surface area contributed by atoms with Gasteiger partial charge in [-0.2, -0.15) is 5.10 Å². The number of aryl methyl sites for hydroxylation is 1. The lowest BCUT2D eigenvalue weighted by atomic mass is 10.0. The number of carbonyl (C=O) groups excluding carboxylic acids is 1. The summed E-state index contributed by atoms with van der Waals surface area (Å²) in [5, 5.41) is 11.3. The minimum atomic E-state index is 0.154. The lowest BCUT2D eigenvalue weighted by Gasteiger charge is -2.39. The number of aromatic nitrogens is 4. The maximum absolute atomic E-state index is 11.5. The van der Waals surface area contributed by atoms with E-state index in [1.807, 2.05) is 37.3 Å². The maximum Gasteiger partial charge on any atom is 0.204 e. The van der Waals surface area contributed by atoms with Gasteiger partial charge in [0.05, 0.1) is 7.11 Å². The van der Waals surface area contributed by atoms with Gasteiger partial charge in [-0.15, -0.1) is 0 Å². The number of anilines is 3. The molecule has 0 spiro atoms. The fourth-order valence-electron chi connectivity index (χ4n) is 6.65. The number of piperidine rings is 1. The summed E-state index contributed by atoms with van der Waals surface area (Å²) in [6.45, 7) is 9.66. The quantitative estimate of drug-likeness (QED) is 0.306. The van der Waals surface area contributed by atoms with Crippen LogP contribution in [0.2, 0.25) is 0 Å². The molecular formula is C31H42N8O2S. The van der Waals surface area contributed by atoms with E-state index in [1.54, 1.807) is 14.0 Å². The van der Waals surface area contributed by atoms with Gasteiger partial charge in [0.15, 0.2) is 22.6 Å². The van der Waals surface area contributed by atoms with Crippen molar-refractivity contribution in [3.63, 3.8) is 0 Å².